The summed E-state index contributed by atoms with van der Waals surface area (Å²) in [4.78, 5) is 11.9. The van der Waals surface area contributed by atoms with Gasteiger partial charge in [-0.05, 0) is 24.0 Å². The van der Waals surface area contributed by atoms with Gasteiger partial charge in [0.25, 0.3) is 0 Å². The number of hydrogen-bond donors (Lipinski definition) is 3. The lowest BCUT2D eigenvalue weighted by Gasteiger charge is -2.25. The predicted molar refractivity (Wildman–Crippen MR) is 91.8 cm³/mol. The lowest BCUT2D eigenvalue weighted by Crippen LogP contribution is -2.48. The molecule has 0 aromatic heterocycles. The van der Waals surface area contributed by atoms with Crippen LogP contribution in [0.25, 0.3) is 0 Å². The second kappa shape index (κ2) is 9.64. The third-order valence-electron chi connectivity index (χ3n) is 3.45. The minimum Gasteiger partial charge on any atom is -0.380 e. The van der Waals surface area contributed by atoms with Gasteiger partial charge in [-0.2, -0.15) is 0 Å². The smallest absolute Gasteiger partial charge is 0.237 e. The number of anilines is 1. The molecule has 1 unspecified atom stereocenters. The van der Waals surface area contributed by atoms with Gasteiger partial charge in [0.15, 0.2) is 0 Å². The van der Waals surface area contributed by atoms with Crippen molar-refractivity contribution >= 4 is 24.0 Å². The highest BCUT2D eigenvalue weighted by molar-refractivity contribution is 5.85. The van der Waals surface area contributed by atoms with Crippen LogP contribution in [0.5, 0.6) is 0 Å². The maximum atomic E-state index is 11.9. The average molecular weight is 314 g/mol. The molecule has 1 aromatic carbocycles. The van der Waals surface area contributed by atoms with Gasteiger partial charge < -0.3 is 16.4 Å². The van der Waals surface area contributed by atoms with Crippen molar-refractivity contribution in [2.45, 2.75) is 39.8 Å². The van der Waals surface area contributed by atoms with Gasteiger partial charge in [-0.1, -0.05) is 45.9 Å². The largest absolute Gasteiger partial charge is 0.380 e. The maximum absolute atomic E-state index is 11.9. The summed E-state index contributed by atoms with van der Waals surface area (Å²) in [5, 5.41) is 6.39. The zero-order valence-corrected chi connectivity index (χ0v) is 14.1. The van der Waals surface area contributed by atoms with Crippen molar-refractivity contribution in [2.75, 3.05) is 11.9 Å². The molecule has 0 aliphatic rings. The molecule has 1 rings (SSSR count). The number of halogens is 1. The second-order valence-corrected chi connectivity index (χ2v) is 5.88. The molecule has 0 aliphatic heterocycles. The first-order valence-electron chi connectivity index (χ1n) is 7.26. The van der Waals surface area contributed by atoms with Crippen LogP contribution in [0.2, 0.25) is 0 Å². The molecule has 1 aromatic rings. The molecule has 0 spiro atoms. The lowest BCUT2D eigenvalue weighted by atomic mass is 10.0. The van der Waals surface area contributed by atoms with Crippen molar-refractivity contribution in [3.8, 4) is 0 Å². The van der Waals surface area contributed by atoms with Crippen LogP contribution < -0.4 is 16.4 Å². The highest BCUT2D eigenvalue weighted by Crippen LogP contribution is 2.12. The Bertz CT molecular complexity index is 409. The molecule has 0 radical (unpaired) electrons. The zero-order chi connectivity index (χ0) is 15.1. The van der Waals surface area contributed by atoms with E-state index in [9.17, 15) is 4.79 Å². The van der Waals surface area contributed by atoms with Crippen LogP contribution in [0.4, 0.5) is 5.69 Å². The SMILES string of the molecule is CC(C)C(CNC(=O)[C@@H](N)C(C)C)Nc1ccccc1.Cl. The zero-order valence-electron chi connectivity index (χ0n) is 13.3. The van der Waals surface area contributed by atoms with E-state index in [1.54, 1.807) is 0 Å². The molecule has 2 atom stereocenters. The molecule has 21 heavy (non-hydrogen) atoms. The van der Waals surface area contributed by atoms with Crippen LogP contribution in [-0.4, -0.2) is 24.5 Å². The fourth-order valence-electron chi connectivity index (χ4n) is 1.83. The number of rotatable bonds is 7. The van der Waals surface area contributed by atoms with Gasteiger partial charge in [0.1, 0.15) is 0 Å². The number of nitrogens with two attached hydrogens (primary N) is 1. The fourth-order valence-corrected chi connectivity index (χ4v) is 1.83. The van der Waals surface area contributed by atoms with E-state index in [0.29, 0.717) is 12.5 Å². The first kappa shape index (κ1) is 19.7. The molecular formula is C16H28ClN3O. The summed E-state index contributed by atoms with van der Waals surface area (Å²) in [5.74, 6) is 0.473. The Morgan fingerprint density at radius 1 is 1.10 bits per heavy atom. The Labute approximate surface area is 134 Å². The molecule has 4 N–H and O–H groups in total. The molecule has 1 amide bonds. The van der Waals surface area contributed by atoms with Gasteiger partial charge >= 0.3 is 0 Å². The molecule has 0 heterocycles. The molecule has 0 fully saturated rings. The summed E-state index contributed by atoms with van der Waals surface area (Å²) in [6.07, 6.45) is 0. The summed E-state index contributed by atoms with van der Waals surface area (Å²) in [7, 11) is 0. The summed E-state index contributed by atoms with van der Waals surface area (Å²) >= 11 is 0. The summed E-state index contributed by atoms with van der Waals surface area (Å²) in [5.41, 5.74) is 6.91. The number of carbonyl (C=O) groups is 1. The number of hydrogen-bond acceptors (Lipinski definition) is 3. The standard InChI is InChI=1S/C16H27N3O.ClH/c1-11(2)14(19-13-8-6-5-7-9-13)10-18-16(20)15(17)12(3)4;/h5-9,11-12,14-15,19H,10,17H2,1-4H3,(H,18,20);1H/t14?,15-;/m0./s1. The highest BCUT2D eigenvalue weighted by Gasteiger charge is 2.19. The molecule has 4 nitrogen and oxygen atoms in total. The Balaban J connectivity index is 0.00000400. The molecule has 0 bridgehead atoms. The van der Waals surface area contributed by atoms with Crippen LogP contribution in [0.3, 0.4) is 0 Å². The van der Waals surface area contributed by atoms with Crippen molar-refractivity contribution in [3.63, 3.8) is 0 Å². The van der Waals surface area contributed by atoms with Gasteiger partial charge in [0.2, 0.25) is 5.91 Å². The number of carbonyl (C=O) groups excluding carboxylic acids is 1. The third-order valence-corrected chi connectivity index (χ3v) is 3.45. The minimum absolute atomic E-state index is 0. The lowest BCUT2D eigenvalue weighted by molar-refractivity contribution is -0.123. The van der Waals surface area contributed by atoms with E-state index in [1.807, 2.05) is 44.2 Å². The van der Waals surface area contributed by atoms with E-state index in [0.717, 1.165) is 5.69 Å². The van der Waals surface area contributed by atoms with Crippen LogP contribution in [0.1, 0.15) is 27.7 Å². The summed E-state index contributed by atoms with van der Waals surface area (Å²) in [6.45, 7) is 8.74. The Hall–Kier alpha value is -1.26. The average Bonchev–Trinajstić information content (AvgIpc) is 2.42. The van der Waals surface area contributed by atoms with E-state index >= 15 is 0 Å². The van der Waals surface area contributed by atoms with Crippen molar-refractivity contribution in [1.29, 1.82) is 0 Å². The fraction of sp³-hybridized carbons (Fsp3) is 0.562. The van der Waals surface area contributed by atoms with Crippen LogP contribution >= 0.6 is 12.4 Å². The molecule has 5 heteroatoms. The second-order valence-electron chi connectivity index (χ2n) is 5.88. The van der Waals surface area contributed by atoms with Crippen molar-refractivity contribution in [1.82, 2.24) is 5.32 Å². The van der Waals surface area contributed by atoms with Crippen LogP contribution in [-0.2, 0) is 4.79 Å². The van der Waals surface area contributed by atoms with Gasteiger partial charge in [-0.3, -0.25) is 4.79 Å². The molecule has 0 saturated heterocycles. The van der Waals surface area contributed by atoms with Crippen LogP contribution in [0.15, 0.2) is 30.3 Å². The summed E-state index contributed by atoms with van der Waals surface area (Å²) < 4.78 is 0. The monoisotopic (exact) mass is 313 g/mol. The predicted octanol–water partition coefficient (Wildman–Crippen LogP) is 2.64. The maximum Gasteiger partial charge on any atom is 0.237 e. The van der Waals surface area contributed by atoms with E-state index < -0.39 is 6.04 Å². The van der Waals surface area contributed by atoms with Crippen molar-refractivity contribution in [3.05, 3.63) is 30.3 Å². The van der Waals surface area contributed by atoms with E-state index in [-0.39, 0.29) is 30.3 Å². The van der Waals surface area contributed by atoms with E-state index in [2.05, 4.69) is 24.5 Å². The topological polar surface area (TPSA) is 67.2 Å². The number of para-hydroxylation sites is 1. The number of amides is 1. The quantitative estimate of drug-likeness (QED) is 0.725. The minimum atomic E-state index is -0.445. The Morgan fingerprint density at radius 2 is 1.67 bits per heavy atom. The van der Waals surface area contributed by atoms with Gasteiger partial charge in [-0.25, -0.2) is 0 Å². The van der Waals surface area contributed by atoms with Crippen molar-refractivity contribution < 1.29 is 4.79 Å². The Morgan fingerprint density at radius 3 is 2.14 bits per heavy atom. The normalized spacial score (nSPS) is 13.5. The van der Waals surface area contributed by atoms with E-state index in [4.69, 9.17) is 5.73 Å². The molecule has 120 valence electrons. The highest BCUT2D eigenvalue weighted by atomic mass is 35.5. The number of nitrogens with one attached hydrogen (secondary N) is 2. The molecule has 0 aliphatic carbocycles. The first-order valence-corrected chi connectivity index (χ1v) is 7.26. The third kappa shape index (κ3) is 6.82. The van der Waals surface area contributed by atoms with Crippen molar-refractivity contribution in [2.24, 2.45) is 17.6 Å². The molecule has 0 saturated carbocycles. The molecular weight excluding hydrogens is 286 g/mol. The van der Waals surface area contributed by atoms with E-state index in [1.165, 1.54) is 0 Å². The first-order chi connectivity index (χ1) is 9.41. The van der Waals surface area contributed by atoms with Gasteiger partial charge in [0, 0.05) is 18.3 Å². The van der Waals surface area contributed by atoms with Crippen LogP contribution in [0, 0.1) is 11.8 Å². The number of benzene rings is 1. The Kier molecular flexibility index (Phi) is 9.06. The summed E-state index contributed by atoms with van der Waals surface area (Å²) in [6, 6.07) is 9.76. The van der Waals surface area contributed by atoms with Gasteiger partial charge in [0.05, 0.1) is 6.04 Å². The van der Waals surface area contributed by atoms with Gasteiger partial charge in [-0.15, -0.1) is 12.4 Å².